The molecule has 0 radical (unpaired) electrons. The van der Waals surface area contributed by atoms with Gasteiger partial charge in [0.25, 0.3) is 0 Å². The molecule has 0 aliphatic carbocycles. The van der Waals surface area contributed by atoms with Crippen LogP contribution in [0.1, 0.15) is 16.8 Å². The Hall–Kier alpha value is -1.58. The smallest absolute Gasteiger partial charge is 0.133 e. The van der Waals surface area contributed by atoms with Gasteiger partial charge in [-0.15, -0.1) is 0 Å². The van der Waals surface area contributed by atoms with Crippen LogP contribution in [0.2, 0.25) is 5.02 Å². The molecule has 3 nitrogen and oxygen atoms in total. The molecule has 19 heavy (non-hydrogen) atoms. The number of nitrogens with zero attached hydrogens (tertiary/aromatic N) is 2. The first kappa shape index (κ1) is 13.8. The molecule has 1 heterocycles. The van der Waals surface area contributed by atoms with Crippen LogP contribution in [0, 0.1) is 6.92 Å². The third kappa shape index (κ3) is 3.46. The largest absolute Gasteiger partial charge is 0.355 e. The first-order valence-electron chi connectivity index (χ1n) is 6.22. The van der Waals surface area contributed by atoms with Crippen molar-refractivity contribution in [3.05, 3.63) is 58.2 Å². The van der Waals surface area contributed by atoms with Crippen molar-refractivity contribution < 1.29 is 0 Å². The van der Waals surface area contributed by atoms with E-state index < -0.39 is 0 Å². The molecule has 0 spiro atoms. The maximum Gasteiger partial charge on any atom is 0.133 e. The predicted molar refractivity (Wildman–Crippen MR) is 80.4 cm³/mol. The number of nitrogens with two attached hydrogens (primary N) is 1. The summed E-state index contributed by atoms with van der Waals surface area (Å²) in [6.07, 6.45) is 0. The number of halogens is 1. The van der Waals surface area contributed by atoms with E-state index in [9.17, 15) is 0 Å². The van der Waals surface area contributed by atoms with Crippen molar-refractivity contribution in [2.75, 3.05) is 11.9 Å². The Morgan fingerprint density at radius 2 is 2.05 bits per heavy atom. The fraction of sp³-hybridized carbons (Fsp3) is 0.267. The van der Waals surface area contributed by atoms with Crippen LogP contribution in [0.4, 0.5) is 5.82 Å². The molecule has 4 heteroatoms. The molecule has 2 N–H and O–H groups in total. The zero-order valence-corrected chi connectivity index (χ0v) is 12.0. The summed E-state index contributed by atoms with van der Waals surface area (Å²) in [5.41, 5.74) is 8.96. The van der Waals surface area contributed by atoms with Crippen molar-refractivity contribution in [1.29, 1.82) is 0 Å². The van der Waals surface area contributed by atoms with E-state index in [-0.39, 0.29) is 0 Å². The average molecular weight is 276 g/mol. The lowest BCUT2D eigenvalue weighted by Crippen LogP contribution is -2.20. The number of hydrogen-bond donors (Lipinski definition) is 1. The molecule has 1 aromatic heterocycles. The quantitative estimate of drug-likeness (QED) is 0.932. The van der Waals surface area contributed by atoms with E-state index in [1.54, 1.807) is 0 Å². The topological polar surface area (TPSA) is 42.1 Å². The van der Waals surface area contributed by atoms with Crippen LogP contribution in [-0.4, -0.2) is 12.0 Å². The lowest BCUT2D eigenvalue weighted by molar-refractivity contribution is 0.870. The van der Waals surface area contributed by atoms with Crippen molar-refractivity contribution >= 4 is 17.4 Å². The molecule has 0 atom stereocenters. The summed E-state index contributed by atoms with van der Waals surface area (Å²) in [6.45, 7) is 3.23. The molecule has 0 saturated carbocycles. The second-order valence-electron chi connectivity index (χ2n) is 4.63. The van der Waals surface area contributed by atoms with E-state index in [0.717, 1.165) is 34.2 Å². The molecule has 0 bridgehead atoms. The van der Waals surface area contributed by atoms with Crippen molar-refractivity contribution in [3.8, 4) is 0 Å². The van der Waals surface area contributed by atoms with Crippen LogP contribution in [-0.2, 0) is 13.1 Å². The summed E-state index contributed by atoms with van der Waals surface area (Å²) in [4.78, 5) is 6.67. The molecule has 0 unspecified atom stereocenters. The van der Waals surface area contributed by atoms with Crippen molar-refractivity contribution in [2.24, 2.45) is 5.73 Å². The second-order valence-corrected chi connectivity index (χ2v) is 5.06. The normalized spacial score (nSPS) is 10.5. The lowest BCUT2D eigenvalue weighted by atomic mass is 10.2. The highest BCUT2D eigenvalue weighted by Crippen LogP contribution is 2.20. The Kier molecular flexibility index (Phi) is 4.40. The molecular weight excluding hydrogens is 258 g/mol. The monoisotopic (exact) mass is 275 g/mol. The molecule has 0 fully saturated rings. The fourth-order valence-electron chi connectivity index (χ4n) is 2.05. The zero-order chi connectivity index (χ0) is 13.8. The van der Waals surface area contributed by atoms with Crippen LogP contribution in [0.25, 0.3) is 0 Å². The SMILES string of the molecule is Cc1ccc(CN)c(N(C)Cc2cccc(Cl)c2)n1. The predicted octanol–water partition coefficient (Wildman–Crippen LogP) is 3.14. The summed E-state index contributed by atoms with van der Waals surface area (Å²) in [7, 11) is 2.02. The highest BCUT2D eigenvalue weighted by Gasteiger charge is 2.09. The van der Waals surface area contributed by atoms with Gasteiger partial charge in [-0.1, -0.05) is 29.8 Å². The summed E-state index contributed by atoms with van der Waals surface area (Å²) >= 11 is 6.00. The standard InChI is InChI=1S/C15H18ClN3/c1-11-6-7-13(9-17)15(18-11)19(2)10-12-4-3-5-14(16)8-12/h3-8H,9-10,17H2,1-2H3. The molecular formula is C15H18ClN3. The maximum atomic E-state index is 6.00. The molecule has 0 aliphatic heterocycles. The molecule has 100 valence electrons. The number of benzene rings is 1. The average Bonchev–Trinajstić information content (AvgIpc) is 2.38. The van der Waals surface area contributed by atoms with Crippen molar-refractivity contribution in [3.63, 3.8) is 0 Å². The number of aromatic nitrogens is 1. The number of rotatable bonds is 4. The van der Waals surface area contributed by atoms with Gasteiger partial charge < -0.3 is 10.6 Å². The van der Waals surface area contributed by atoms with Gasteiger partial charge in [-0.2, -0.15) is 0 Å². The van der Waals surface area contributed by atoms with Gasteiger partial charge in [0.2, 0.25) is 0 Å². The van der Waals surface area contributed by atoms with E-state index in [2.05, 4.69) is 16.0 Å². The van der Waals surface area contributed by atoms with Crippen molar-refractivity contribution in [2.45, 2.75) is 20.0 Å². The van der Waals surface area contributed by atoms with Crippen LogP contribution in [0.3, 0.4) is 0 Å². The molecule has 0 aliphatic rings. The van der Waals surface area contributed by atoms with Gasteiger partial charge in [-0.3, -0.25) is 0 Å². The van der Waals surface area contributed by atoms with Crippen LogP contribution in [0.15, 0.2) is 36.4 Å². The van der Waals surface area contributed by atoms with E-state index in [4.69, 9.17) is 17.3 Å². The Morgan fingerprint density at radius 1 is 1.26 bits per heavy atom. The van der Waals surface area contributed by atoms with E-state index in [1.807, 2.05) is 44.3 Å². The minimum absolute atomic E-state index is 0.489. The van der Waals surface area contributed by atoms with Gasteiger partial charge in [0.05, 0.1) is 0 Å². The van der Waals surface area contributed by atoms with Crippen LogP contribution < -0.4 is 10.6 Å². The fourth-order valence-corrected chi connectivity index (χ4v) is 2.26. The summed E-state index contributed by atoms with van der Waals surface area (Å²) in [5, 5.41) is 0.752. The van der Waals surface area contributed by atoms with Gasteiger partial charge >= 0.3 is 0 Å². The Labute approximate surface area is 119 Å². The summed E-state index contributed by atoms with van der Waals surface area (Å²) < 4.78 is 0. The molecule has 1 aromatic carbocycles. The minimum Gasteiger partial charge on any atom is -0.355 e. The van der Waals surface area contributed by atoms with E-state index in [0.29, 0.717) is 6.54 Å². The number of pyridine rings is 1. The zero-order valence-electron chi connectivity index (χ0n) is 11.2. The maximum absolute atomic E-state index is 6.00. The first-order valence-corrected chi connectivity index (χ1v) is 6.60. The van der Waals surface area contributed by atoms with Gasteiger partial charge in [0.15, 0.2) is 0 Å². The van der Waals surface area contributed by atoms with E-state index >= 15 is 0 Å². The Balaban J connectivity index is 2.24. The number of hydrogen-bond acceptors (Lipinski definition) is 3. The molecule has 2 rings (SSSR count). The first-order chi connectivity index (χ1) is 9.10. The summed E-state index contributed by atoms with van der Waals surface area (Å²) in [5.74, 6) is 0.933. The minimum atomic E-state index is 0.489. The molecule has 2 aromatic rings. The molecule has 0 amide bonds. The second kappa shape index (κ2) is 6.04. The summed E-state index contributed by atoms with van der Waals surface area (Å²) in [6, 6.07) is 11.9. The highest BCUT2D eigenvalue weighted by molar-refractivity contribution is 6.30. The molecule has 0 saturated heterocycles. The van der Waals surface area contributed by atoms with Gasteiger partial charge in [0, 0.05) is 36.4 Å². The lowest BCUT2D eigenvalue weighted by Gasteiger charge is -2.21. The highest BCUT2D eigenvalue weighted by atomic mass is 35.5. The van der Waals surface area contributed by atoms with Crippen LogP contribution in [0.5, 0.6) is 0 Å². The van der Waals surface area contributed by atoms with Gasteiger partial charge in [0.1, 0.15) is 5.82 Å². The Morgan fingerprint density at radius 3 is 2.74 bits per heavy atom. The van der Waals surface area contributed by atoms with E-state index in [1.165, 1.54) is 0 Å². The number of aryl methyl sites for hydroxylation is 1. The van der Waals surface area contributed by atoms with Gasteiger partial charge in [-0.05, 0) is 30.7 Å². The number of anilines is 1. The third-order valence-electron chi connectivity index (χ3n) is 2.99. The van der Waals surface area contributed by atoms with Crippen molar-refractivity contribution in [1.82, 2.24) is 4.98 Å². The van der Waals surface area contributed by atoms with Gasteiger partial charge in [-0.25, -0.2) is 4.98 Å². The Bertz CT molecular complexity index is 569. The third-order valence-corrected chi connectivity index (χ3v) is 3.22. The van der Waals surface area contributed by atoms with Crippen LogP contribution >= 0.6 is 11.6 Å².